The number of nitrogens with zero attached hydrogens (tertiary/aromatic N) is 3. The fourth-order valence-electron chi connectivity index (χ4n) is 4.65. The van der Waals surface area contributed by atoms with Gasteiger partial charge in [0.15, 0.2) is 5.43 Å². The Morgan fingerprint density at radius 3 is 2.54 bits per heavy atom. The minimum absolute atomic E-state index is 0.0531. The first-order chi connectivity index (χ1) is 16.6. The number of hydrogen-bond donors (Lipinski definition) is 0. The van der Waals surface area contributed by atoms with E-state index < -0.39 is 42.1 Å². The molecule has 0 fully saturated rings. The van der Waals surface area contributed by atoms with Crippen molar-refractivity contribution in [3.63, 3.8) is 0 Å². The molecule has 0 saturated carbocycles. The van der Waals surface area contributed by atoms with Crippen molar-refractivity contribution in [3.8, 4) is 0 Å². The standard InChI is InChI=1S/C25H21F4N3O2S/c1-14-20(33)9-10-31-22(14)24(34)30(15(2)25(27,28)29)13-32(31)23-18-6-4-3-5-16(18)12-35-21-8-7-17(26)11-19(21)23/h3-11,15,23H,12-13H2,1-2H3. The van der Waals surface area contributed by atoms with Gasteiger partial charge in [0, 0.05) is 28.5 Å². The molecule has 0 saturated heterocycles. The van der Waals surface area contributed by atoms with Crippen LogP contribution in [-0.2, 0) is 5.75 Å². The maximum Gasteiger partial charge on any atom is 0.408 e. The van der Waals surface area contributed by atoms with E-state index in [9.17, 15) is 27.2 Å². The molecule has 2 aliphatic rings. The predicted octanol–water partition coefficient (Wildman–Crippen LogP) is 4.99. The summed E-state index contributed by atoms with van der Waals surface area (Å²) in [5, 5.41) is 1.61. The van der Waals surface area contributed by atoms with E-state index in [1.165, 1.54) is 47.8 Å². The highest BCUT2D eigenvalue weighted by Gasteiger charge is 2.47. The van der Waals surface area contributed by atoms with Gasteiger partial charge in [-0.05, 0) is 48.7 Å². The monoisotopic (exact) mass is 503 g/mol. The lowest BCUT2D eigenvalue weighted by molar-refractivity contribution is -0.173. The van der Waals surface area contributed by atoms with Crippen LogP contribution in [0.15, 0.2) is 64.4 Å². The van der Waals surface area contributed by atoms with Crippen molar-refractivity contribution in [2.75, 3.05) is 11.7 Å². The Hall–Kier alpha value is -3.27. The molecule has 0 aliphatic carbocycles. The summed E-state index contributed by atoms with van der Waals surface area (Å²) in [6, 6.07) is 10.4. The van der Waals surface area contributed by atoms with Gasteiger partial charge in [0.2, 0.25) is 0 Å². The van der Waals surface area contributed by atoms with Crippen molar-refractivity contribution in [2.45, 2.75) is 42.8 Å². The van der Waals surface area contributed by atoms with Gasteiger partial charge in [-0.25, -0.2) is 4.39 Å². The Kier molecular flexibility index (Phi) is 5.66. The molecule has 5 nitrogen and oxygen atoms in total. The summed E-state index contributed by atoms with van der Waals surface area (Å²) in [7, 11) is 0. The van der Waals surface area contributed by atoms with Crippen LogP contribution in [0.4, 0.5) is 17.6 Å². The number of aromatic nitrogens is 1. The van der Waals surface area contributed by atoms with Gasteiger partial charge < -0.3 is 4.90 Å². The van der Waals surface area contributed by atoms with E-state index >= 15 is 0 Å². The molecule has 0 spiro atoms. The molecule has 3 heterocycles. The van der Waals surface area contributed by atoms with Gasteiger partial charge in [0.1, 0.15) is 24.2 Å². The highest BCUT2D eigenvalue weighted by molar-refractivity contribution is 7.98. The molecular formula is C25H21F4N3O2S. The first-order valence-corrected chi connectivity index (χ1v) is 11.9. The van der Waals surface area contributed by atoms with E-state index in [0.29, 0.717) is 11.3 Å². The second-order valence-corrected chi connectivity index (χ2v) is 9.66. The van der Waals surface area contributed by atoms with Crippen LogP contribution in [0.1, 0.15) is 45.7 Å². The number of benzene rings is 2. The van der Waals surface area contributed by atoms with E-state index in [4.69, 9.17) is 0 Å². The van der Waals surface area contributed by atoms with Crippen molar-refractivity contribution < 1.29 is 22.4 Å². The second kappa shape index (κ2) is 8.44. The maximum absolute atomic E-state index is 14.5. The lowest BCUT2D eigenvalue weighted by atomic mass is 9.94. The third-order valence-electron chi connectivity index (χ3n) is 6.60. The molecule has 1 amide bonds. The summed E-state index contributed by atoms with van der Waals surface area (Å²) in [6.07, 6.45) is -3.27. The molecule has 5 rings (SSSR count). The number of halogens is 4. The molecule has 2 aromatic carbocycles. The summed E-state index contributed by atoms with van der Waals surface area (Å²) >= 11 is 1.51. The lowest BCUT2D eigenvalue weighted by Crippen LogP contribution is -2.60. The summed E-state index contributed by atoms with van der Waals surface area (Å²) in [5.41, 5.74) is 1.79. The normalized spacial score (nSPS) is 18.5. The van der Waals surface area contributed by atoms with Gasteiger partial charge in [-0.2, -0.15) is 13.2 Å². The number of fused-ring (bicyclic) bond motifs is 3. The molecular weight excluding hydrogens is 482 g/mol. The zero-order valence-electron chi connectivity index (χ0n) is 18.8. The zero-order valence-corrected chi connectivity index (χ0v) is 19.7. The fraction of sp³-hybridized carbons (Fsp3) is 0.280. The largest absolute Gasteiger partial charge is 0.408 e. The smallest absolute Gasteiger partial charge is 0.306 e. The van der Waals surface area contributed by atoms with Crippen LogP contribution in [0.25, 0.3) is 0 Å². The predicted molar refractivity (Wildman–Crippen MR) is 124 cm³/mol. The molecule has 2 unspecified atom stereocenters. The molecule has 35 heavy (non-hydrogen) atoms. The Balaban J connectivity index is 1.79. The van der Waals surface area contributed by atoms with Crippen LogP contribution < -0.4 is 10.4 Å². The second-order valence-electron chi connectivity index (χ2n) is 8.64. The number of carbonyl (C=O) groups excluding carboxylic acids is 1. The third-order valence-corrected chi connectivity index (χ3v) is 7.74. The van der Waals surface area contributed by atoms with Crippen LogP contribution in [0.2, 0.25) is 0 Å². The number of alkyl halides is 3. The summed E-state index contributed by atoms with van der Waals surface area (Å²) in [6.45, 7) is 1.94. The third kappa shape index (κ3) is 3.89. The quantitative estimate of drug-likeness (QED) is 0.462. The molecule has 10 heteroatoms. The van der Waals surface area contributed by atoms with Crippen molar-refractivity contribution >= 4 is 17.7 Å². The SMILES string of the molecule is Cc1c2n(ccc1=O)N(C1c3ccccc3CSc3ccc(F)cc31)CN(C(C)C(F)(F)F)C2=O. The molecule has 182 valence electrons. The lowest BCUT2D eigenvalue weighted by Gasteiger charge is -2.46. The topological polar surface area (TPSA) is 45.6 Å². The summed E-state index contributed by atoms with van der Waals surface area (Å²) in [4.78, 5) is 27.2. The Bertz CT molecular complexity index is 1390. The minimum atomic E-state index is -4.67. The molecule has 0 N–H and O–H groups in total. The van der Waals surface area contributed by atoms with Crippen molar-refractivity contribution in [1.82, 2.24) is 9.58 Å². The number of thioether (sulfide) groups is 1. The van der Waals surface area contributed by atoms with Crippen LogP contribution in [0, 0.1) is 12.7 Å². The average Bonchev–Trinajstić information content (AvgIpc) is 2.97. The van der Waals surface area contributed by atoms with Gasteiger partial charge in [0.05, 0.1) is 6.04 Å². The van der Waals surface area contributed by atoms with Gasteiger partial charge in [-0.1, -0.05) is 24.3 Å². The first kappa shape index (κ1) is 23.5. The fourth-order valence-corrected chi connectivity index (χ4v) is 5.72. The molecule has 2 aliphatic heterocycles. The number of carbonyl (C=O) groups is 1. The van der Waals surface area contributed by atoms with Crippen LogP contribution in [0.5, 0.6) is 0 Å². The van der Waals surface area contributed by atoms with E-state index in [-0.39, 0.29) is 11.3 Å². The molecule has 2 atom stereocenters. The van der Waals surface area contributed by atoms with Gasteiger partial charge in [-0.15, -0.1) is 11.8 Å². The minimum Gasteiger partial charge on any atom is -0.306 e. The molecule has 0 radical (unpaired) electrons. The number of amides is 1. The van der Waals surface area contributed by atoms with E-state index in [2.05, 4.69) is 0 Å². The molecule has 1 aromatic heterocycles. The molecule has 0 bridgehead atoms. The van der Waals surface area contributed by atoms with Crippen LogP contribution in [0.3, 0.4) is 0 Å². The summed E-state index contributed by atoms with van der Waals surface area (Å²) < 4.78 is 57.3. The van der Waals surface area contributed by atoms with Gasteiger partial charge in [-0.3, -0.25) is 19.3 Å². The maximum atomic E-state index is 14.5. The van der Waals surface area contributed by atoms with Gasteiger partial charge in [0.25, 0.3) is 5.91 Å². The Morgan fingerprint density at radius 2 is 1.80 bits per heavy atom. The highest BCUT2D eigenvalue weighted by Crippen LogP contribution is 2.43. The van der Waals surface area contributed by atoms with Crippen molar-refractivity contribution in [2.24, 2.45) is 0 Å². The highest BCUT2D eigenvalue weighted by atomic mass is 32.2. The summed E-state index contributed by atoms with van der Waals surface area (Å²) in [5.74, 6) is -0.757. The average molecular weight is 504 g/mol. The first-order valence-electron chi connectivity index (χ1n) is 10.9. The van der Waals surface area contributed by atoms with Crippen LogP contribution in [-0.4, -0.2) is 34.4 Å². The van der Waals surface area contributed by atoms with Gasteiger partial charge >= 0.3 is 6.18 Å². The number of pyridine rings is 1. The van der Waals surface area contributed by atoms with E-state index in [1.54, 1.807) is 11.1 Å². The van der Waals surface area contributed by atoms with E-state index in [1.807, 2.05) is 24.3 Å². The Labute approximate surface area is 202 Å². The van der Waals surface area contributed by atoms with Crippen molar-refractivity contribution in [3.05, 3.63) is 98.7 Å². The molecule has 3 aromatic rings. The number of hydrogen-bond acceptors (Lipinski definition) is 4. The van der Waals surface area contributed by atoms with E-state index in [0.717, 1.165) is 27.8 Å². The van der Waals surface area contributed by atoms with Crippen LogP contribution >= 0.6 is 11.8 Å². The van der Waals surface area contributed by atoms with Crippen molar-refractivity contribution in [1.29, 1.82) is 0 Å². The Morgan fingerprint density at radius 1 is 1.06 bits per heavy atom. The number of rotatable bonds is 2. The zero-order chi connectivity index (χ0) is 25.1.